The molecule has 0 aromatic heterocycles. The lowest BCUT2D eigenvalue weighted by molar-refractivity contribution is -0.303. The average Bonchev–Trinajstić information content (AvgIpc) is 3.31. The van der Waals surface area contributed by atoms with E-state index in [0.717, 1.165) is 57.8 Å². The predicted molar refractivity (Wildman–Crippen MR) is 266 cm³/mol. The molecule has 0 aromatic rings. The Morgan fingerprint density at radius 2 is 0.908 bits per heavy atom. The van der Waals surface area contributed by atoms with E-state index in [0.29, 0.717) is 12.8 Å². The number of amides is 1. The molecule has 1 aliphatic rings. The molecule has 1 fully saturated rings. The molecule has 1 rings (SSSR count). The second-order valence-corrected chi connectivity index (χ2v) is 19.3. The summed E-state index contributed by atoms with van der Waals surface area (Å²) in [7, 11) is 0. The fourth-order valence-electron chi connectivity index (χ4n) is 8.73. The third kappa shape index (κ3) is 32.9. The minimum Gasteiger partial charge on any atom is -0.394 e. The number of hydrogen-bond donors (Lipinski definition) is 8. The van der Waals surface area contributed by atoms with Crippen molar-refractivity contribution in [1.29, 1.82) is 0 Å². The van der Waals surface area contributed by atoms with Crippen molar-refractivity contribution in [2.24, 2.45) is 0 Å². The van der Waals surface area contributed by atoms with Crippen LogP contribution in [-0.4, -0.2) is 110 Å². The van der Waals surface area contributed by atoms with Crippen LogP contribution in [0.1, 0.15) is 245 Å². The number of hydrogen-bond acceptors (Lipinski definition) is 10. The summed E-state index contributed by atoms with van der Waals surface area (Å²) < 4.78 is 11.1. The molecule has 1 amide bonds. The molecular weight excluding hydrogens is 823 g/mol. The van der Waals surface area contributed by atoms with E-state index in [-0.39, 0.29) is 12.8 Å². The standard InChI is InChI=1S/C54H103NO10/c1-3-5-7-9-11-13-15-17-19-21-22-23-24-25-26-28-30-32-34-36-38-40-42-47(58)53(63)55-45(44-64-54-52(62)51(61)50(60)48(43-56)65-54)49(59)46(57)41-39-37-35-33-31-29-27-20-18-16-14-12-10-8-6-4-2/h25-26,33,35,45-52,54,56-62H,3-24,27-32,34,36-44H2,1-2H3,(H,55,63)/b26-25-,35-33+. The van der Waals surface area contributed by atoms with Gasteiger partial charge in [-0.05, 0) is 64.2 Å². The number of carbonyl (C=O) groups excluding carboxylic acids is 1. The molecule has 0 bridgehead atoms. The zero-order chi connectivity index (χ0) is 47.6. The van der Waals surface area contributed by atoms with Crippen LogP contribution in [0.2, 0.25) is 0 Å². The highest BCUT2D eigenvalue weighted by Crippen LogP contribution is 2.23. The monoisotopic (exact) mass is 926 g/mol. The van der Waals surface area contributed by atoms with Gasteiger partial charge in [-0.3, -0.25) is 4.79 Å². The number of carbonyl (C=O) groups is 1. The largest absolute Gasteiger partial charge is 0.394 e. The number of nitrogens with one attached hydrogen (secondary N) is 1. The molecule has 1 heterocycles. The zero-order valence-electron chi connectivity index (χ0n) is 41.7. The Labute approximate surface area is 397 Å². The third-order valence-corrected chi connectivity index (χ3v) is 13.2. The van der Waals surface area contributed by atoms with Crippen molar-refractivity contribution in [3.05, 3.63) is 24.3 Å². The molecule has 11 nitrogen and oxygen atoms in total. The number of aliphatic hydroxyl groups is 7. The molecule has 0 radical (unpaired) electrons. The summed E-state index contributed by atoms with van der Waals surface area (Å²) >= 11 is 0. The van der Waals surface area contributed by atoms with Crippen molar-refractivity contribution in [3.8, 4) is 0 Å². The maximum absolute atomic E-state index is 13.1. The van der Waals surface area contributed by atoms with Crippen LogP contribution in [0, 0.1) is 0 Å². The van der Waals surface area contributed by atoms with Crippen LogP contribution in [-0.2, 0) is 14.3 Å². The van der Waals surface area contributed by atoms with Crippen LogP contribution < -0.4 is 5.32 Å². The minimum atomic E-state index is -1.67. The van der Waals surface area contributed by atoms with E-state index >= 15 is 0 Å². The quantitative estimate of drug-likeness (QED) is 0.0216. The van der Waals surface area contributed by atoms with Crippen molar-refractivity contribution >= 4 is 5.91 Å². The molecular formula is C54H103NO10. The van der Waals surface area contributed by atoms with Crippen molar-refractivity contribution in [2.45, 2.75) is 300 Å². The van der Waals surface area contributed by atoms with Crippen LogP contribution in [0.3, 0.4) is 0 Å². The van der Waals surface area contributed by atoms with Gasteiger partial charge in [0.1, 0.15) is 36.6 Å². The van der Waals surface area contributed by atoms with Crippen molar-refractivity contribution in [1.82, 2.24) is 5.32 Å². The fraction of sp³-hybridized carbons (Fsp3) is 0.907. The molecule has 0 saturated carbocycles. The molecule has 0 aromatic carbocycles. The van der Waals surface area contributed by atoms with E-state index in [4.69, 9.17) is 9.47 Å². The molecule has 384 valence electrons. The van der Waals surface area contributed by atoms with E-state index in [9.17, 15) is 40.5 Å². The van der Waals surface area contributed by atoms with Gasteiger partial charge in [0.15, 0.2) is 6.29 Å². The minimum absolute atomic E-state index is 0.248. The highest BCUT2D eigenvalue weighted by Gasteiger charge is 2.44. The summed E-state index contributed by atoms with van der Waals surface area (Å²) in [5.41, 5.74) is 0. The van der Waals surface area contributed by atoms with Gasteiger partial charge < -0.3 is 50.5 Å². The Bertz CT molecular complexity index is 1110. The summed E-state index contributed by atoms with van der Waals surface area (Å²) in [4.78, 5) is 13.1. The number of aliphatic hydroxyl groups excluding tert-OH is 7. The zero-order valence-corrected chi connectivity index (χ0v) is 41.7. The van der Waals surface area contributed by atoms with Crippen LogP contribution in [0.15, 0.2) is 24.3 Å². The summed E-state index contributed by atoms with van der Waals surface area (Å²) in [5, 5.41) is 75.9. The third-order valence-electron chi connectivity index (χ3n) is 13.2. The van der Waals surface area contributed by atoms with Crippen LogP contribution >= 0.6 is 0 Å². The molecule has 0 aliphatic carbocycles. The maximum atomic E-state index is 13.1. The van der Waals surface area contributed by atoms with Crippen LogP contribution in [0.4, 0.5) is 0 Å². The van der Waals surface area contributed by atoms with Gasteiger partial charge in [0.2, 0.25) is 5.91 Å². The normalized spacial score (nSPS) is 21.0. The van der Waals surface area contributed by atoms with Crippen LogP contribution in [0.5, 0.6) is 0 Å². The first-order chi connectivity index (χ1) is 31.7. The Morgan fingerprint density at radius 1 is 0.523 bits per heavy atom. The van der Waals surface area contributed by atoms with Gasteiger partial charge in [-0.15, -0.1) is 0 Å². The first-order valence-corrected chi connectivity index (χ1v) is 27.2. The van der Waals surface area contributed by atoms with Crippen molar-refractivity contribution in [2.75, 3.05) is 13.2 Å². The molecule has 11 heteroatoms. The topological polar surface area (TPSA) is 189 Å². The Morgan fingerprint density at radius 3 is 1.32 bits per heavy atom. The van der Waals surface area contributed by atoms with Gasteiger partial charge in [-0.1, -0.05) is 205 Å². The summed E-state index contributed by atoms with van der Waals surface area (Å²) in [6.07, 6.45) is 39.4. The second-order valence-electron chi connectivity index (χ2n) is 19.3. The lowest BCUT2D eigenvalue weighted by atomic mass is 9.98. The molecule has 65 heavy (non-hydrogen) atoms. The summed E-state index contributed by atoms with van der Waals surface area (Å²) in [6, 6.07) is -1.19. The van der Waals surface area contributed by atoms with Gasteiger partial charge in [0, 0.05) is 0 Å². The van der Waals surface area contributed by atoms with Gasteiger partial charge >= 0.3 is 0 Å². The van der Waals surface area contributed by atoms with E-state index in [1.54, 1.807) is 0 Å². The first kappa shape index (κ1) is 61.6. The van der Waals surface area contributed by atoms with Crippen molar-refractivity contribution < 1.29 is 50.0 Å². The van der Waals surface area contributed by atoms with Crippen LogP contribution in [0.25, 0.3) is 0 Å². The molecule has 0 spiro atoms. The van der Waals surface area contributed by atoms with E-state index in [1.807, 2.05) is 0 Å². The Kier molecular flexibility index (Phi) is 41.6. The first-order valence-electron chi connectivity index (χ1n) is 27.2. The smallest absolute Gasteiger partial charge is 0.249 e. The van der Waals surface area contributed by atoms with Gasteiger partial charge in [0.05, 0.1) is 25.4 Å². The molecule has 1 saturated heterocycles. The second kappa shape index (κ2) is 43.8. The summed E-state index contributed by atoms with van der Waals surface area (Å²) in [5.74, 6) is -0.709. The average molecular weight is 926 g/mol. The number of rotatable bonds is 46. The number of unbranched alkanes of at least 4 members (excludes halogenated alkanes) is 30. The maximum Gasteiger partial charge on any atom is 0.249 e. The SMILES string of the molecule is CCCCCCCCCCCCC/C=C/CCCC(O)C(O)C(COC1OC(CO)C(O)C(O)C1O)NC(=O)C(O)CCCCCCCC/C=C\CCCCCCCCCCCCCC. The Balaban J connectivity index is 2.37. The summed E-state index contributed by atoms with van der Waals surface area (Å²) in [6.45, 7) is 3.45. The van der Waals surface area contributed by atoms with Gasteiger partial charge in [-0.25, -0.2) is 0 Å². The lowest BCUT2D eigenvalue weighted by Gasteiger charge is -2.40. The van der Waals surface area contributed by atoms with Gasteiger partial charge in [0.25, 0.3) is 0 Å². The molecule has 8 N–H and O–H groups in total. The highest BCUT2D eigenvalue weighted by atomic mass is 16.7. The number of allylic oxidation sites excluding steroid dienone is 4. The van der Waals surface area contributed by atoms with Crippen molar-refractivity contribution in [3.63, 3.8) is 0 Å². The lowest BCUT2D eigenvalue weighted by Crippen LogP contribution is -2.60. The van der Waals surface area contributed by atoms with E-state index < -0.39 is 74.2 Å². The fourth-order valence-corrected chi connectivity index (χ4v) is 8.73. The number of ether oxygens (including phenoxy) is 2. The molecule has 9 unspecified atom stereocenters. The van der Waals surface area contributed by atoms with E-state index in [1.165, 1.54) is 148 Å². The molecule has 9 atom stereocenters. The Hall–Kier alpha value is -1.41. The van der Waals surface area contributed by atoms with E-state index in [2.05, 4.69) is 43.5 Å². The molecule has 1 aliphatic heterocycles. The van der Waals surface area contributed by atoms with Gasteiger partial charge in [-0.2, -0.15) is 0 Å². The predicted octanol–water partition coefficient (Wildman–Crippen LogP) is 10.6. The highest BCUT2D eigenvalue weighted by molar-refractivity contribution is 5.80.